The van der Waals surface area contributed by atoms with Gasteiger partial charge in [-0.15, -0.1) is 0 Å². The Morgan fingerprint density at radius 3 is 2.29 bits per heavy atom. The minimum Gasteiger partial charge on any atom is -0.464 e. The minimum absolute atomic E-state index is 0.288. The van der Waals surface area contributed by atoms with E-state index in [1.54, 1.807) is 6.92 Å². The standard InChI is InChI=1S/C8H15NO4S/c1-5-6(8(2,3)4)9(7(10)11)14(12)13-5/h5-6H,1-4H3,(H,10,11)/t5-,6?,14?/m0/s1. The van der Waals surface area contributed by atoms with E-state index in [0.29, 0.717) is 0 Å². The van der Waals surface area contributed by atoms with Gasteiger partial charge < -0.3 is 5.11 Å². The Bertz CT molecular complexity index is 273. The van der Waals surface area contributed by atoms with Gasteiger partial charge in [-0.25, -0.2) is 9.00 Å². The van der Waals surface area contributed by atoms with E-state index in [0.717, 1.165) is 4.31 Å². The van der Waals surface area contributed by atoms with Crippen LogP contribution in [0.15, 0.2) is 0 Å². The van der Waals surface area contributed by atoms with E-state index in [4.69, 9.17) is 9.29 Å². The Kier molecular flexibility index (Phi) is 2.87. The molecule has 1 N–H and O–H groups in total. The van der Waals surface area contributed by atoms with Gasteiger partial charge in [-0.05, 0) is 12.3 Å². The summed E-state index contributed by atoms with van der Waals surface area (Å²) in [6, 6.07) is -0.374. The molecule has 5 nitrogen and oxygen atoms in total. The summed E-state index contributed by atoms with van der Waals surface area (Å²) in [4.78, 5) is 10.9. The van der Waals surface area contributed by atoms with Gasteiger partial charge in [-0.3, -0.25) is 4.18 Å². The lowest BCUT2D eigenvalue weighted by Gasteiger charge is -2.32. The summed E-state index contributed by atoms with van der Waals surface area (Å²) in [5.74, 6) is 0. The third kappa shape index (κ3) is 1.90. The molecule has 1 aliphatic heterocycles. The Morgan fingerprint density at radius 1 is 1.50 bits per heavy atom. The highest BCUT2D eigenvalue weighted by molar-refractivity contribution is 7.78. The first-order chi connectivity index (χ1) is 6.25. The molecule has 14 heavy (non-hydrogen) atoms. The van der Waals surface area contributed by atoms with Crippen molar-refractivity contribution in [3.63, 3.8) is 0 Å². The van der Waals surface area contributed by atoms with Crippen LogP contribution in [0, 0.1) is 5.41 Å². The van der Waals surface area contributed by atoms with Gasteiger partial charge >= 0.3 is 6.09 Å². The van der Waals surface area contributed by atoms with Gasteiger partial charge in [0, 0.05) is 0 Å². The zero-order valence-electron chi connectivity index (χ0n) is 8.68. The van der Waals surface area contributed by atoms with E-state index in [9.17, 15) is 9.00 Å². The summed E-state index contributed by atoms with van der Waals surface area (Å²) >= 11 is -1.86. The third-order valence-electron chi connectivity index (χ3n) is 2.17. The molecule has 1 fully saturated rings. The number of rotatable bonds is 0. The van der Waals surface area contributed by atoms with Gasteiger partial charge in [0.15, 0.2) is 0 Å². The van der Waals surface area contributed by atoms with Crippen molar-refractivity contribution < 1.29 is 18.3 Å². The van der Waals surface area contributed by atoms with Gasteiger partial charge in [-0.2, -0.15) is 4.31 Å². The van der Waals surface area contributed by atoms with Crippen molar-refractivity contribution in [1.82, 2.24) is 4.31 Å². The summed E-state index contributed by atoms with van der Waals surface area (Å²) < 4.78 is 17.2. The number of hydrogen-bond donors (Lipinski definition) is 1. The Morgan fingerprint density at radius 2 is 2.00 bits per heavy atom. The van der Waals surface area contributed by atoms with E-state index < -0.39 is 17.4 Å². The molecule has 3 atom stereocenters. The van der Waals surface area contributed by atoms with Gasteiger partial charge in [0.2, 0.25) is 0 Å². The van der Waals surface area contributed by atoms with Crippen molar-refractivity contribution in [1.29, 1.82) is 0 Å². The fourth-order valence-electron chi connectivity index (χ4n) is 1.75. The molecule has 0 aromatic heterocycles. The van der Waals surface area contributed by atoms with Crippen molar-refractivity contribution in [2.45, 2.75) is 39.8 Å². The lowest BCUT2D eigenvalue weighted by Crippen LogP contribution is -2.46. The summed E-state index contributed by atoms with van der Waals surface area (Å²) in [5, 5.41) is 8.89. The molecule has 82 valence electrons. The average Bonchev–Trinajstić information content (AvgIpc) is 2.23. The van der Waals surface area contributed by atoms with E-state index in [2.05, 4.69) is 0 Å². The quantitative estimate of drug-likeness (QED) is 0.671. The van der Waals surface area contributed by atoms with Crippen molar-refractivity contribution in [2.75, 3.05) is 0 Å². The predicted molar refractivity (Wildman–Crippen MR) is 51.8 cm³/mol. The topological polar surface area (TPSA) is 66.8 Å². The predicted octanol–water partition coefficient (Wildman–Crippen LogP) is 1.38. The van der Waals surface area contributed by atoms with Crippen LogP contribution in [0.2, 0.25) is 0 Å². The molecule has 0 aromatic rings. The van der Waals surface area contributed by atoms with Crippen molar-refractivity contribution in [2.24, 2.45) is 5.41 Å². The smallest absolute Gasteiger partial charge is 0.421 e. The highest BCUT2D eigenvalue weighted by atomic mass is 32.2. The molecule has 0 aromatic carbocycles. The van der Waals surface area contributed by atoms with E-state index in [1.807, 2.05) is 20.8 Å². The largest absolute Gasteiger partial charge is 0.464 e. The van der Waals surface area contributed by atoms with Crippen LogP contribution in [-0.2, 0) is 15.4 Å². The molecule has 0 radical (unpaired) electrons. The summed E-state index contributed by atoms with van der Waals surface area (Å²) in [5.41, 5.74) is -0.288. The average molecular weight is 221 g/mol. The molecule has 6 heteroatoms. The molecule has 0 bridgehead atoms. The fraction of sp³-hybridized carbons (Fsp3) is 0.875. The van der Waals surface area contributed by atoms with Crippen molar-refractivity contribution in [3.05, 3.63) is 0 Å². The van der Waals surface area contributed by atoms with Gasteiger partial charge in [0.25, 0.3) is 11.3 Å². The van der Waals surface area contributed by atoms with Crippen LogP contribution < -0.4 is 0 Å². The Hall–Kier alpha value is -0.620. The fourth-order valence-corrected chi connectivity index (χ4v) is 3.01. The Labute approximate surface area is 85.8 Å². The van der Waals surface area contributed by atoms with Crippen molar-refractivity contribution in [3.8, 4) is 0 Å². The monoisotopic (exact) mass is 221 g/mol. The molecular weight excluding hydrogens is 206 g/mol. The third-order valence-corrected chi connectivity index (χ3v) is 3.34. The van der Waals surface area contributed by atoms with Gasteiger partial charge in [0.1, 0.15) is 0 Å². The number of carbonyl (C=O) groups is 1. The van der Waals surface area contributed by atoms with Gasteiger partial charge in [-0.1, -0.05) is 20.8 Å². The summed E-state index contributed by atoms with van der Waals surface area (Å²) in [6.45, 7) is 7.43. The maximum Gasteiger partial charge on any atom is 0.421 e. The number of hydrogen-bond acceptors (Lipinski definition) is 3. The number of nitrogens with zero attached hydrogens (tertiary/aromatic N) is 1. The van der Waals surface area contributed by atoms with Crippen LogP contribution in [0.1, 0.15) is 27.7 Å². The molecule has 0 aliphatic carbocycles. The second kappa shape index (κ2) is 3.51. The van der Waals surface area contributed by atoms with E-state index >= 15 is 0 Å². The SMILES string of the molecule is C[C@@H]1OS(=O)N(C(=O)O)C1C(C)(C)C. The second-order valence-corrected chi connectivity index (χ2v) is 5.46. The Balaban J connectivity index is 3.01. The highest BCUT2D eigenvalue weighted by Crippen LogP contribution is 2.34. The van der Waals surface area contributed by atoms with Crippen LogP contribution in [0.5, 0.6) is 0 Å². The van der Waals surface area contributed by atoms with Crippen LogP contribution in [0.25, 0.3) is 0 Å². The molecule has 1 aliphatic rings. The van der Waals surface area contributed by atoms with Crippen LogP contribution in [0.3, 0.4) is 0 Å². The van der Waals surface area contributed by atoms with Crippen molar-refractivity contribution >= 4 is 17.4 Å². The molecular formula is C8H15NO4S. The van der Waals surface area contributed by atoms with Gasteiger partial charge in [0.05, 0.1) is 12.1 Å². The molecule has 1 rings (SSSR count). The maximum atomic E-state index is 11.3. The minimum atomic E-state index is -1.86. The first-order valence-corrected chi connectivity index (χ1v) is 5.39. The maximum absolute atomic E-state index is 11.3. The number of amides is 1. The summed E-state index contributed by atoms with van der Waals surface area (Å²) in [7, 11) is 0. The molecule has 2 unspecified atom stereocenters. The molecule has 1 heterocycles. The second-order valence-electron chi connectivity index (χ2n) is 4.44. The van der Waals surface area contributed by atoms with Crippen LogP contribution >= 0.6 is 0 Å². The summed E-state index contributed by atoms with van der Waals surface area (Å²) in [6.07, 6.45) is -1.54. The molecule has 1 amide bonds. The normalized spacial score (nSPS) is 33.4. The number of carboxylic acid groups (broad SMARTS) is 1. The van der Waals surface area contributed by atoms with Crippen LogP contribution in [-0.4, -0.2) is 31.9 Å². The highest BCUT2D eigenvalue weighted by Gasteiger charge is 2.48. The lowest BCUT2D eigenvalue weighted by molar-refractivity contribution is 0.105. The molecule has 0 saturated carbocycles. The first kappa shape index (κ1) is 11.5. The molecule has 1 saturated heterocycles. The van der Waals surface area contributed by atoms with E-state index in [1.165, 1.54) is 0 Å². The van der Waals surface area contributed by atoms with Crippen LogP contribution in [0.4, 0.5) is 4.79 Å². The molecule has 0 spiro atoms. The van der Waals surface area contributed by atoms with E-state index in [-0.39, 0.29) is 17.6 Å². The zero-order valence-corrected chi connectivity index (χ0v) is 9.50. The lowest BCUT2D eigenvalue weighted by atomic mass is 9.84. The zero-order chi connectivity index (χ0) is 11.1. The first-order valence-electron chi connectivity index (χ1n) is 4.36.